The molecule has 0 radical (unpaired) electrons. The lowest BCUT2D eigenvalue weighted by Crippen LogP contribution is -2.16. The summed E-state index contributed by atoms with van der Waals surface area (Å²) in [4.78, 5) is 8.51. The van der Waals surface area contributed by atoms with E-state index >= 15 is 0 Å². The van der Waals surface area contributed by atoms with Gasteiger partial charge in [0.25, 0.3) is 0 Å². The molecule has 1 aliphatic rings. The van der Waals surface area contributed by atoms with E-state index < -0.39 is 0 Å². The molecule has 6 heteroatoms. The van der Waals surface area contributed by atoms with Gasteiger partial charge in [-0.15, -0.1) is 0 Å². The van der Waals surface area contributed by atoms with Gasteiger partial charge in [0.2, 0.25) is 11.8 Å². The number of aromatic nitrogens is 2. The van der Waals surface area contributed by atoms with Crippen LogP contribution in [0.15, 0.2) is 30.3 Å². The molecule has 0 unspecified atom stereocenters. The van der Waals surface area contributed by atoms with Gasteiger partial charge in [0.15, 0.2) is 0 Å². The average Bonchev–Trinajstić information content (AvgIpc) is 2.56. The van der Waals surface area contributed by atoms with Crippen LogP contribution in [0.3, 0.4) is 0 Å². The summed E-state index contributed by atoms with van der Waals surface area (Å²) in [6.45, 7) is 0.676. The molecule has 0 aliphatic heterocycles. The van der Waals surface area contributed by atoms with Crippen molar-refractivity contribution in [3.8, 4) is 11.6 Å². The fourth-order valence-electron chi connectivity index (χ4n) is 2.80. The van der Waals surface area contributed by atoms with Gasteiger partial charge in [-0.25, -0.2) is 0 Å². The van der Waals surface area contributed by atoms with Crippen molar-refractivity contribution in [3.05, 3.63) is 30.3 Å². The van der Waals surface area contributed by atoms with Gasteiger partial charge in [-0.2, -0.15) is 9.97 Å². The monoisotopic (exact) mass is 314 g/mol. The second-order valence-electron chi connectivity index (χ2n) is 5.94. The van der Waals surface area contributed by atoms with E-state index in [-0.39, 0.29) is 5.75 Å². The van der Waals surface area contributed by atoms with E-state index in [9.17, 15) is 5.11 Å². The summed E-state index contributed by atoms with van der Waals surface area (Å²) in [5, 5.41) is 12.4. The summed E-state index contributed by atoms with van der Waals surface area (Å²) in [5.41, 5.74) is 6.60. The second-order valence-corrected chi connectivity index (χ2v) is 5.94. The third kappa shape index (κ3) is 4.48. The van der Waals surface area contributed by atoms with E-state index in [2.05, 4.69) is 15.3 Å². The molecule has 122 valence electrons. The highest BCUT2D eigenvalue weighted by molar-refractivity contribution is 5.56. The molecule has 0 bridgehead atoms. The van der Waals surface area contributed by atoms with Gasteiger partial charge >= 0.3 is 0 Å². The Hall–Kier alpha value is -2.50. The van der Waals surface area contributed by atoms with Gasteiger partial charge in [-0.3, -0.25) is 0 Å². The number of benzene rings is 1. The number of phenols is 1. The Morgan fingerprint density at radius 1 is 1.13 bits per heavy atom. The van der Waals surface area contributed by atoms with Crippen molar-refractivity contribution in [2.45, 2.75) is 32.1 Å². The average molecular weight is 314 g/mol. The topological polar surface area (TPSA) is 93.3 Å². The molecule has 23 heavy (non-hydrogen) atoms. The molecule has 1 aromatic heterocycles. The van der Waals surface area contributed by atoms with Crippen LogP contribution >= 0.6 is 0 Å². The number of rotatable bonds is 5. The zero-order valence-electron chi connectivity index (χ0n) is 13.0. The van der Waals surface area contributed by atoms with Gasteiger partial charge in [-0.05, 0) is 43.0 Å². The molecule has 0 spiro atoms. The van der Waals surface area contributed by atoms with Crippen LogP contribution in [-0.4, -0.2) is 21.7 Å². The van der Waals surface area contributed by atoms with Crippen molar-refractivity contribution in [1.82, 2.24) is 9.97 Å². The molecule has 1 aliphatic carbocycles. The maximum atomic E-state index is 9.31. The standard InChI is InChI=1S/C17H22N4O2/c18-15-10-16(23-11-12-4-2-1-3-5-12)21-17(20-15)19-13-6-8-14(22)9-7-13/h6-10,12,22H,1-5,11H2,(H3,18,19,20,21). The Morgan fingerprint density at radius 2 is 1.87 bits per heavy atom. The number of ether oxygens (including phenoxy) is 1. The molecule has 6 nitrogen and oxygen atoms in total. The summed E-state index contributed by atoms with van der Waals surface area (Å²) < 4.78 is 5.81. The van der Waals surface area contributed by atoms with E-state index in [0.717, 1.165) is 5.69 Å². The molecular formula is C17H22N4O2. The van der Waals surface area contributed by atoms with Gasteiger partial charge in [-0.1, -0.05) is 19.3 Å². The quantitative estimate of drug-likeness (QED) is 0.732. The molecule has 3 rings (SSSR count). The van der Waals surface area contributed by atoms with E-state index in [1.54, 1.807) is 30.3 Å². The maximum absolute atomic E-state index is 9.31. The van der Waals surface area contributed by atoms with Crippen molar-refractivity contribution >= 4 is 17.5 Å². The zero-order chi connectivity index (χ0) is 16.1. The normalized spacial score (nSPS) is 15.3. The maximum Gasteiger partial charge on any atom is 0.232 e. The number of phenolic OH excluding ortho intramolecular Hbond substituents is 1. The number of nitrogens with two attached hydrogens (primary N) is 1. The molecule has 1 saturated carbocycles. The van der Waals surface area contributed by atoms with Crippen LogP contribution in [0.5, 0.6) is 11.6 Å². The van der Waals surface area contributed by atoms with Crippen molar-refractivity contribution < 1.29 is 9.84 Å². The number of anilines is 3. The van der Waals surface area contributed by atoms with Crippen LogP contribution < -0.4 is 15.8 Å². The van der Waals surface area contributed by atoms with Gasteiger partial charge in [0.1, 0.15) is 11.6 Å². The Balaban J connectivity index is 1.64. The molecule has 1 heterocycles. The summed E-state index contributed by atoms with van der Waals surface area (Å²) >= 11 is 0. The smallest absolute Gasteiger partial charge is 0.232 e. The van der Waals surface area contributed by atoms with Crippen molar-refractivity contribution in [2.75, 3.05) is 17.7 Å². The van der Waals surface area contributed by atoms with Crippen LogP contribution in [0.25, 0.3) is 0 Å². The fourth-order valence-corrected chi connectivity index (χ4v) is 2.80. The summed E-state index contributed by atoms with van der Waals surface area (Å²) in [6.07, 6.45) is 6.34. The molecule has 0 saturated heterocycles. The Bertz CT molecular complexity index is 640. The van der Waals surface area contributed by atoms with Crippen molar-refractivity contribution in [1.29, 1.82) is 0 Å². The number of aromatic hydroxyl groups is 1. The third-order valence-electron chi connectivity index (χ3n) is 4.04. The zero-order valence-corrected chi connectivity index (χ0v) is 13.0. The van der Waals surface area contributed by atoms with E-state index in [0.29, 0.717) is 30.2 Å². The van der Waals surface area contributed by atoms with Crippen molar-refractivity contribution in [2.24, 2.45) is 5.92 Å². The van der Waals surface area contributed by atoms with Crippen LogP contribution in [0.4, 0.5) is 17.5 Å². The highest BCUT2D eigenvalue weighted by Crippen LogP contribution is 2.25. The number of hydrogen-bond donors (Lipinski definition) is 3. The Morgan fingerprint density at radius 3 is 2.61 bits per heavy atom. The molecule has 1 aromatic carbocycles. The minimum atomic E-state index is 0.209. The van der Waals surface area contributed by atoms with Gasteiger partial charge in [0, 0.05) is 11.8 Å². The minimum Gasteiger partial charge on any atom is -0.508 e. The number of nitrogens with one attached hydrogen (secondary N) is 1. The van der Waals surface area contributed by atoms with Crippen molar-refractivity contribution in [3.63, 3.8) is 0 Å². The van der Waals surface area contributed by atoms with Crippen LogP contribution in [-0.2, 0) is 0 Å². The van der Waals surface area contributed by atoms with E-state index in [1.165, 1.54) is 32.1 Å². The van der Waals surface area contributed by atoms with Gasteiger partial charge in [0.05, 0.1) is 6.61 Å². The lowest BCUT2D eigenvalue weighted by molar-refractivity contribution is 0.203. The van der Waals surface area contributed by atoms with E-state index in [4.69, 9.17) is 10.5 Å². The molecular weight excluding hydrogens is 292 g/mol. The number of hydrogen-bond acceptors (Lipinski definition) is 6. The second kappa shape index (κ2) is 7.17. The Labute approximate surface area is 135 Å². The number of nitrogens with zero attached hydrogens (tertiary/aromatic N) is 2. The molecule has 1 fully saturated rings. The first-order chi connectivity index (χ1) is 11.2. The van der Waals surface area contributed by atoms with Crippen LogP contribution in [0, 0.1) is 5.92 Å². The molecule has 0 atom stereocenters. The highest BCUT2D eigenvalue weighted by Gasteiger charge is 2.14. The minimum absolute atomic E-state index is 0.209. The van der Waals surface area contributed by atoms with Gasteiger partial charge < -0.3 is 20.9 Å². The molecule has 2 aromatic rings. The molecule has 4 N–H and O–H groups in total. The lowest BCUT2D eigenvalue weighted by Gasteiger charge is -2.21. The largest absolute Gasteiger partial charge is 0.508 e. The first kappa shape index (κ1) is 15.4. The van der Waals surface area contributed by atoms with Crippen LogP contribution in [0.1, 0.15) is 32.1 Å². The molecule has 0 amide bonds. The fraction of sp³-hybridized carbons (Fsp3) is 0.412. The summed E-state index contributed by atoms with van der Waals surface area (Å²) in [5.74, 6) is 2.05. The predicted molar refractivity (Wildman–Crippen MR) is 89.9 cm³/mol. The predicted octanol–water partition coefficient (Wildman–Crippen LogP) is 3.47. The Kier molecular flexibility index (Phi) is 4.80. The first-order valence-corrected chi connectivity index (χ1v) is 8.02. The SMILES string of the molecule is Nc1cc(OCC2CCCCC2)nc(Nc2ccc(O)cc2)n1. The lowest BCUT2D eigenvalue weighted by atomic mass is 9.90. The van der Waals surface area contributed by atoms with E-state index in [1.807, 2.05) is 0 Å². The third-order valence-corrected chi connectivity index (χ3v) is 4.04. The summed E-state index contributed by atoms with van der Waals surface area (Å²) in [6, 6.07) is 8.31. The number of nitrogen functional groups attached to an aromatic ring is 1. The highest BCUT2D eigenvalue weighted by atomic mass is 16.5. The first-order valence-electron chi connectivity index (χ1n) is 8.02. The summed E-state index contributed by atoms with van der Waals surface area (Å²) in [7, 11) is 0. The van der Waals surface area contributed by atoms with Crippen LogP contribution in [0.2, 0.25) is 0 Å².